The van der Waals surface area contributed by atoms with Crippen LogP contribution < -0.4 is 16.8 Å². The Bertz CT molecular complexity index is 646. The van der Waals surface area contributed by atoms with Crippen LogP contribution >= 0.6 is 22.6 Å². The summed E-state index contributed by atoms with van der Waals surface area (Å²) in [5.74, 6) is -0.926. The van der Waals surface area contributed by atoms with Crippen LogP contribution in [0.2, 0.25) is 0 Å². The van der Waals surface area contributed by atoms with E-state index in [0.717, 1.165) is 0 Å². The third-order valence-electron chi connectivity index (χ3n) is 2.59. The lowest BCUT2D eigenvalue weighted by molar-refractivity contribution is 0.100. The largest absolute Gasteiger partial charge is 0.396 e. The summed E-state index contributed by atoms with van der Waals surface area (Å²) in [7, 11) is 0. The van der Waals surface area contributed by atoms with Gasteiger partial charge in [-0.1, -0.05) is 12.1 Å². The first-order valence-electron chi connectivity index (χ1n) is 5.40. The van der Waals surface area contributed by atoms with Gasteiger partial charge in [0.1, 0.15) is 5.82 Å². The standard InChI is InChI=1S/C13H11FIN3O/c14-8-4-2-5-9(11(8)15)18-10-6-1-3-7(12(10)16)13(17)19/h1-6,18H,16H2,(H2,17,19). The molecule has 0 bridgehead atoms. The van der Waals surface area contributed by atoms with Gasteiger partial charge in [-0.15, -0.1) is 0 Å². The van der Waals surface area contributed by atoms with Crippen LogP contribution in [0, 0.1) is 9.39 Å². The molecular formula is C13H11FIN3O. The van der Waals surface area contributed by atoms with Gasteiger partial charge in [0, 0.05) is 0 Å². The molecule has 0 heterocycles. The summed E-state index contributed by atoms with van der Waals surface area (Å²) >= 11 is 1.90. The highest BCUT2D eigenvalue weighted by atomic mass is 127. The van der Waals surface area contributed by atoms with Gasteiger partial charge >= 0.3 is 0 Å². The van der Waals surface area contributed by atoms with Crippen LogP contribution in [-0.2, 0) is 0 Å². The van der Waals surface area contributed by atoms with E-state index in [1.54, 1.807) is 30.3 Å². The molecule has 0 aliphatic heterocycles. The number of rotatable bonds is 3. The molecule has 1 amide bonds. The Morgan fingerprint density at radius 2 is 1.79 bits per heavy atom. The molecule has 98 valence electrons. The summed E-state index contributed by atoms with van der Waals surface area (Å²) in [6, 6.07) is 9.58. The van der Waals surface area contributed by atoms with Crippen molar-refractivity contribution < 1.29 is 9.18 Å². The average molecular weight is 371 g/mol. The summed E-state index contributed by atoms with van der Waals surface area (Å²) < 4.78 is 13.9. The first-order chi connectivity index (χ1) is 9.00. The molecule has 2 aromatic rings. The van der Waals surface area contributed by atoms with Crippen LogP contribution in [0.25, 0.3) is 0 Å². The molecule has 2 aromatic carbocycles. The fourth-order valence-electron chi connectivity index (χ4n) is 1.63. The highest BCUT2D eigenvalue weighted by Gasteiger charge is 2.11. The van der Waals surface area contributed by atoms with Gasteiger partial charge in [-0.05, 0) is 46.9 Å². The summed E-state index contributed by atoms with van der Waals surface area (Å²) in [6.45, 7) is 0. The van der Waals surface area contributed by atoms with Crippen molar-refractivity contribution >= 4 is 45.6 Å². The Morgan fingerprint density at radius 1 is 1.16 bits per heavy atom. The number of carbonyl (C=O) groups excluding carboxylic acids is 1. The zero-order valence-corrected chi connectivity index (χ0v) is 11.9. The van der Waals surface area contributed by atoms with Crippen molar-refractivity contribution in [1.29, 1.82) is 0 Å². The third kappa shape index (κ3) is 2.78. The molecule has 0 aliphatic rings. The predicted octanol–water partition coefficient (Wildman–Crippen LogP) is 2.86. The van der Waals surface area contributed by atoms with Crippen LogP contribution in [0.4, 0.5) is 21.5 Å². The van der Waals surface area contributed by atoms with Gasteiger partial charge < -0.3 is 16.8 Å². The zero-order chi connectivity index (χ0) is 14.0. The molecule has 19 heavy (non-hydrogen) atoms. The number of nitrogens with two attached hydrogens (primary N) is 2. The maximum Gasteiger partial charge on any atom is 0.250 e. The molecular weight excluding hydrogens is 360 g/mol. The lowest BCUT2D eigenvalue weighted by Gasteiger charge is -2.13. The summed E-state index contributed by atoms with van der Waals surface area (Å²) in [6.07, 6.45) is 0. The number of para-hydroxylation sites is 1. The van der Waals surface area contributed by atoms with Gasteiger partial charge in [-0.25, -0.2) is 4.39 Å². The van der Waals surface area contributed by atoms with E-state index in [4.69, 9.17) is 11.5 Å². The van der Waals surface area contributed by atoms with Crippen LogP contribution in [-0.4, -0.2) is 5.91 Å². The summed E-state index contributed by atoms with van der Waals surface area (Å²) in [4.78, 5) is 11.2. The van der Waals surface area contributed by atoms with E-state index in [9.17, 15) is 9.18 Å². The number of benzene rings is 2. The fourth-order valence-corrected chi connectivity index (χ4v) is 2.13. The van der Waals surface area contributed by atoms with E-state index >= 15 is 0 Å². The van der Waals surface area contributed by atoms with Gasteiger partial charge in [0.2, 0.25) is 0 Å². The summed E-state index contributed by atoms with van der Waals surface area (Å²) in [5.41, 5.74) is 12.7. The van der Waals surface area contributed by atoms with Gasteiger partial charge in [-0.2, -0.15) is 0 Å². The Labute approximate surface area is 123 Å². The van der Waals surface area contributed by atoms with Crippen LogP contribution in [0.5, 0.6) is 0 Å². The molecule has 0 atom stereocenters. The number of nitrogen functional groups attached to an aromatic ring is 1. The second-order valence-corrected chi connectivity index (χ2v) is 4.94. The van der Waals surface area contributed by atoms with Gasteiger partial charge in [0.05, 0.1) is 26.2 Å². The van der Waals surface area contributed by atoms with Crippen LogP contribution in [0.1, 0.15) is 10.4 Å². The summed E-state index contributed by atoms with van der Waals surface area (Å²) in [5, 5.41) is 3.00. The molecule has 4 nitrogen and oxygen atoms in total. The molecule has 0 radical (unpaired) electrons. The number of nitrogens with one attached hydrogen (secondary N) is 1. The first-order valence-corrected chi connectivity index (χ1v) is 6.48. The molecule has 0 spiro atoms. The Hall–Kier alpha value is -1.83. The molecule has 0 aromatic heterocycles. The lowest BCUT2D eigenvalue weighted by atomic mass is 10.1. The maximum absolute atomic E-state index is 13.4. The fraction of sp³-hybridized carbons (Fsp3) is 0. The first kappa shape index (κ1) is 13.6. The molecule has 5 N–H and O–H groups in total. The zero-order valence-electron chi connectivity index (χ0n) is 9.78. The molecule has 6 heteroatoms. The lowest BCUT2D eigenvalue weighted by Crippen LogP contribution is -2.14. The minimum absolute atomic E-state index is 0.233. The molecule has 0 saturated heterocycles. The molecule has 0 fully saturated rings. The van der Waals surface area contributed by atoms with Crippen molar-refractivity contribution in [3.63, 3.8) is 0 Å². The van der Waals surface area contributed by atoms with Crippen molar-refractivity contribution in [2.45, 2.75) is 0 Å². The van der Waals surface area contributed by atoms with E-state index in [1.165, 1.54) is 6.07 Å². The van der Waals surface area contributed by atoms with E-state index in [2.05, 4.69) is 5.32 Å². The Kier molecular flexibility index (Phi) is 3.89. The van der Waals surface area contributed by atoms with Crippen LogP contribution in [0.15, 0.2) is 36.4 Å². The molecule has 0 unspecified atom stereocenters. The highest BCUT2D eigenvalue weighted by molar-refractivity contribution is 14.1. The minimum Gasteiger partial charge on any atom is -0.396 e. The van der Waals surface area contributed by atoms with E-state index in [-0.39, 0.29) is 17.1 Å². The van der Waals surface area contributed by atoms with Gasteiger partial charge in [0.15, 0.2) is 0 Å². The van der Waals surface area contributed by atoms with E-state index < -0.39 is 5.91 Å². The van der Waals surface area contributed by atoms with Crippen molar-refractivity contribution in [3.05, 3.63) is 51.3 Å². The number of hydrogen-bond acceptors (Lipinski definition) is 3. The molecule has 0 saturated carbocycles. The molecule has 0 aliphatic carbocycles. The number of primary amides is 1. The van der Waals surface area contributed by atoms with Crippen molar-refractivity contribution in [2.24, 2.45) is 5.73 Å². The average Bonchev–Trinajstić information content (AvgIpc) is 2.37. The van der Waals surface area contributed by atoms with Gasteiger partial charge in [0.25, 0.3) is 5.91 Å². The number of halogens is 2. The smallest absolute Gasteiger partial charge is 0.250 e. The topological polar surface area (TPSA) is 81.1 Å². The second kappa shape index (κ2) is 5.43. The predicted molar refractivity (Wildman–Crippen MR) is 81.8 cm³/mol. The second-order valence-electron chi connectivity index (χ2n) is 3.86. The molecule has 2 rings (SSSR count). The van der Waals surface area contributed by atoms with Crippen molar-refractivity contribution in [3.8, 4) is 0 Å². The Balaban J connectivity index is 2.42. The van der Waals surface area contributed by atoms with Gasteiger partial charge in [-0.3, -0.25) is 4.79 Å². The SMILES string of the molecule is NC(=O)c1cccc(Nc2cccc(F)c2I)c1N. The highest BCUT2D eigenvalue weighted by Crippen LogP contribution is 2.29. The minimum atomic E-state index is -0.602. The van der Waals surface area contributed by atoms with E-state index in [0.29, 0.717) is 14.9 Å². The van der Waals surface area contributed by atoms with Crippen molar-refractivity contribution in [1.82, 2.24) is 0 Å². The quantitative estimate of drug-likeness (QED) is 0.573. The van der Waals surface area contributed by atoms with Crippen LogP contribution in [0.3, 0.4) is 0 Å². The number of carbonyl (C=O) groups is 1. The van der Waals surface area contributed by atoms with E-state index in [1.807, 2.05) is 22.6 Å². The normalized spacial score (nSPS) is 10.2. The monoisotopic (exact) mass is 371 g/mol. The third-order valence-corrected chi connectivity index (χ3v) is 3.69. The number of anilines is 3. The number of hydrogen-bond donors (Lipinski definition) is 3. The maximum atomic E-state index is 13.4. The van der Waals surface area contributed by atoms with Crippen molar-refractivity contribution in [2.75, 3.05) is 11.1 Å². The number of amides is 1. The Morgan fingerprint density at radius 3 is 2.47 bits per heavy atom.